The van der Waals surface area contributed by atoms with Crippen LogP contribution in [0, 0.1) is 0 Å². The molecule has 0 aliphatic rings. The molecule has 29 heavy (non-hydrogen) atoms. The predicted octanol–water partition coefficient (Wildman–Crippen LogP) is 2.44. The van der Waals surface area contributed by atoms with Gasteiger partial charge in [0.1, 0.15) is 5.01 Å². The van der Waals surface area contributed by atoms with Crippen LogP contribution in [-0.2, 0) is 11.2 Å². The second kappa shape index (κ2) is 11.4. The molecule has 2 aromatic rings. The number of carbonyl (C=O) groups excluding carboxylic acids is 1. The molecular formula is C19H25ClN6O2S. The highest BCUT2D eigenvalue weighted by Gasteiger charge is 2.19. The number of allylic oxidation sites excluding steroid dienone is 3. The van der Waals surface area contributed by atoms with Crippen LogP contribution in [0.3, 0.4) is 0 Å². The lowest BCUT2D eigenvalue weighted by Crippen LogP contribution is -2.20. The summed E-state index contributed by atoms with van der Waals surface area (Å²) in [6.07, 6.45) is 5.44. The third-order valence-electron chi connectivity index (χ3n) is 3.98. The number of nitrogens with zero attached hydrogens (tertiary/aromatic N) is 2. The van der Waals surface area contributed by atoms with E-state index in [0.29, 0.717) is 21.5 Å². The molecule has 0 saturated carbocycles. The lowest BCUT2D eigenvalue weighted by molar-refractivity contribution is -0.124. The van der Waals surface area contributed by atoms with Gasteiger partial charge in [0.05, 0.1) is 5.82 Å². The summed E-state index contributed by atoms with van der Waals surface area (Å²) in [4.78, 5) is 12.2. The number of carbonyl (C=O) groups is 1. The first kappa shape index (κ1) is 22.7. The maximum absolute atomic E-state index is 12.2. The summed E-state index contributed by atoms with van der Waals surface area (Å²) < 4.78 is 0. The van der Waals surface area contributed by atoms with Gasteiger partial charge in [0.15, 0.2) is 6.10 Å². The molecule has 8 nitrogen and oxygen atoms in total. The first-order valence-electron chi connectivity index (χ1n) is 9.05. The number of halogens is 1. The van der Waals surface area contributed by atoms with Gasteiger partial charge >= 0.3 is 0 Å². The molecule has 0 bridgehead atoms. The van der Waals surface area contributed by atoms with E-state index in [-0.39, 0.29) is 0 Å². The number of aliphatic hydroxyl groups excluding tert-OH is 1. The third-order valence-corrected chi connectivity index (χ3v) is 5.12. The van der Waals surface area contributed by atoms with Crippen molar-refractivity contribution in [3.63, 3.8) is 0 Å². The second-order valence-electron chi connectivity index (χ2n) is 6.27. The van der Waals surface area contributed by atoms with Crippen LogP contribution in [0.1, 0.15) is 35.9 Å². The van der Waals surface area contributed by atoms with Gasteiger partial charge in [-0.25, -0.2) is 0 Å². The van der Waals surface area contributed by atoms with Gasteiger partial charge in [0.2, 0.25) is 5.13 Å². The largest absolute Gasteiger partial charge is 0.402 e. The summed E-state index contributed by atoms with van der Waals surface area (Å²) in [5.74, 6) is -0.0290. The highest BCUT2D eigenvalue weighted by atomic mass is 35.5. The Morgan fingerprint density at radius 3 is 2.83 bits per heavy atom. The molecule has 0 fully saturated rings. The Hall–Kier alpha value is -2.62. The number of aromatic nitrogens is 2. The van der Waals surface area contributed by atoms with E-state index in [1.54, 1.807) is 43.5 Å². The summed E-state index contributed by atoms with van der Waals surface area (Å²) in [5, 5.41) is 25.2. The van der Waals surface area contributed by atoms with Crippen molar-refractivity contribution >= 4 is 34.0 Å². The fourth-order valence-corrected chi connectivity index (χ4v) is 3.36. The van der Waals surface area contributed by atoms with E-state index in [2.05, 4.69) is 20.8 Å². The molecule has 1 aromatic heterocycles. The Morgan fingerprint density at radius 2 is 2.10 bits per heavy atom. The molecule has 0 radical (unpaired) electrons. The monoisotopic (exact) mass is 436 g/mol. The van der Waals surface area contributed by atoms with E-state index in [0.717, 1.165) is 36.4 Å². The Morgan fingerprint density at radius 1 is 1.31 bits per heavy atom. The average Bonchev–Trinajstić information content (AvgIpc) is 3.15. The number of hydrogen-bond donors (Lipinski definition) is 5. The number of hydrogen-bond acceptors (Lipinski definition) is 8. The van der Waals surface area contributed by atoms with Gasteiger partial charge in [-0.3, -0.25) is 10.1 Å². The van der Waals surface area contributed by atoms with Crippen LogP contribution in [0.25, 0.3) is 0 Å². The summed E-state index contributed by atoms with van der Waals surface area (Å²) in [7, 11) is 1.74. The number of unbranched alkanes of at least 4 members (excludes halogenated alkanes) is 1. The first-order valence-corrected chi connectivity index (χ1v) is 10.2. The number of aryl methyl sites for hydroxylation is 1. The Labute approximate surface area is 178 Å². The molecule has 1 atom stereocenters. The van der Waals surface area contributed by atoms with E-state index >= 15 is 0 Å². The highest BCUT2D eigenvalue weighted by Crippen LogP contribution is 2.22. The molecule has 156 valence electrons. The molecule has 10 heteroatoms. The molecular weight excluding hydrogens is 412 g/mol. The number of nitrogens with one attached hydrogen (secondary N) is 2. The zero-order valence-corrected chi connectivity index (χ0v) is 17.6. The standard InChI is InChI=1S/C19H25ClN6O2S/c1-23-15(22)10-9-14(21)7-2-3-8-16-25-26-19(29-16)24-18(28)17(27)12-5-4-6-13(20)11-12/h4-6,9-11,17,23,27H,2-3,7-8,21-22H2,1H3,(H,24,26,28)/b14-9-,15-10+. The molecule has 0 aliphatic heterocycles. The smallest absolute Gasteiger partial charge is 0.259 e. The number of benzene rings is 1. The van der Waals surface area contributed by atoms with Crippen molar-refractivity contribution < 1.29 is 9.90 Å². The van der Waals surface area contributed by atoms with Gasteiger partial charge in [-0.05, 0) is 49.1 Å². The lowest BCUT2D eigenvalue weighted by Gasteiger charge is -2.09. The maximum Gasteiger partial charge on any atom is 0.259 e. The summed E-state index contributed by atoms with van der Waals surface area (Å²) in [6, 6.07) is 6.51. The normalized spacial score (nSPS) is 13.2. The van der Waals surface area contributed by atoms with E-state index in [1.165, 1.54) is 11.3 Å². The topological polar surface area (TPSA) is 139 Å². The van der Waals surface area contributed by atoms with Crippen molar-refractivity contribution in [2.45, 2.75) is 31.8 Å². The molecule has 1 heterocycles. The van der Waals surface area contributed by atoms with Crippen molar-refractivity contribution in [1.29, 1.82) is 0 Å². The van der Waals surface area contributed by atoms with Gasteiger partial charge in [-0.15, -0.1) is 10.2 Å². The number of aliphatic hydroxyl groups is 1. The Kier molecular flexibility index (Phi) is 8.91. The fourth-order valence-electron chi connectivity index (χ4n) is 2.38. The van der Waals surface area contributed by atoms with Crippen molar-refractivity contribution in [2.24, 2.45) is 11.5 Å². The first-order chi connectivity index (χ1) is 13.9. The van der Waals surface area contributed by atoms with Crippen LogP contribution < -0.4 is 22.1 Å². The second-order valence-corrected chi connectivity index (χ2v) is 7.77. The van der Waals surface area contributed by atoms with E-state index in [4.69, 9.17) is 23.1 Å². The van der Waals surface area contributed by atoms with Gasteiger partial charge in [-0.2, -0.15) is 0 Å². The predicted molar refractivity (Wildman–Crippen MR) is 116 cm³/mol. The summed E-state index contributed by atoms with van der Waals surface area (Å²) in [6.45, 7) is 0. The van der Waals surface area contributed by atoms with Crippen LogP contribution in [0.5, 0.6) is 0 Å². The zero-order valence-electron chi connectivity index (χ0n) is 16.1. The molecule has 0 spiro atoms. The minimum atomic E-state index is -1.33. The lowest BCUT2D eigenvalue weighted by atomic mass is 10.1. The Balaban J connectivity index is 1.78. The maximum atomic E-state index is 12.2. The number of rotatable bonds is 10. The molecule has 2 rings (SSSR count). The zero-order chi connectivity index (χ0) is 21.2. The van der Waals surface area contributed by atoms with Gasteiger partial charge in [-0.1, -0.05) is 35.1 Å². The molecule has 1 amide bonds. The van der Waals surface area contributed by atoms with Crippen molar-refractivity contribution in [1.82, 2.24) is 15.5 Å². The van der Waals surface area contributed by atoms with Crippen LogP contribution in [0.2, 0.25) is 5.02 Å². The van der Waals surface area contributed by atoms with E-state index in [9.17, 15) is 9.90 Å². The molecule has 7 N–H and O–H groups in total. The van der Waals surface area contributed by atoms with Gasteiger partial charge < -0.3 is 21.9 Å². The van der Waals surface area contributed by atoms with Crippen molar-refractivity contribution in [2.75, 3.05) is 12.4 Å². The highest BCUT2D eigenvalue weighted by molar-refractivity contribution is 7.15. The minimum absolute atomic E-state index is 0.346. The molecule has 0 saturated heterocycles. The fraction of sp³-hybridized carbons (Fsp3) is 0.316. The number of amides is 1. The van der Waals surface area contributed by atoms with Gasteiger partial charge in [0, 0.05) is 24.2 Å². The number of anilines is 1. The molecule has 0 aliphatic carbocycles. The molecule has 1 unspecified atom stereocenters. The van der Waals surface area contributed by atoms with Crippen LogP contribution in [-0.4, -0.2) is 28.3 Å². The third kappa shape index (κ3) is 7.72. The van der Waals surface area contributed by atoms with Crippen LogP contribution >= 0.6 is 22.9 Å². The van der Waals surface area contributed by atoms with E-state index in [1.807, 2.05) is 0 Å². The van der Waals surface area contributed by atoms with Gasteiger partial charge in [0.25, 0.3) is 5.91 Å². The molecule has 1 aromatic carbocycles. The van der Waals surface area contributed by atoms with Crippen LogP contribution in [0.4, 0.5) is 5.13 Å². The van der Waals surface area contributed by atoms with E-state index < -0.39 is 12.0 Å². The number of nitrogens with two attached hydrogens (primary N) is 2. The quantitative estimate of drug-likeness (QED) is 0.284. The average molecular weight is 437 g/mol. The van der Waals surface area contributed by atoms with Crippen LogP contribution in [0.15, 0.2) is 47.9 Å². The summed E-state index contributed by atoms with van der Waals surface area (Å²) >= 11 is 7.17. The van der Waals surface area contributed by atoms with Crippen molar-refractivity contribution in [3.05, 3.63) is 63.5 Å². The van der Waals surface area contributed by atoms with Crippen molar-refractivity contribution in [3.8, 4) is 0 Å². The minimum Gasteiger partial charge on any atom is -0.402 e. The SMILES string of the molecule is CN/C(N)=C/C=C(\N)CCCCc1nnc(NC(=O)C(O)c2cccc(Cl)c2)s1. The summed E-state index contributed by atoms with van der Waals surface area (Å²) in [5.41, 5.74) is 12.7. The Bertz CT molecular complexity index is 883.